The molecule has 0 aliphatic carbocycles. The molecule has 7 heteroatoms. The molecule has 134 valence electrons. The average molecular weight is 381 g/mol. The van der Waals surface area contributed by atoms with Crippen molar-refractivity contribution < 1.29 is 13.5 Å². The number of nitrogens with zero attached hydrogens (tertiary/aromatic N) is 1. The van der Waals surface area contributed by atoms with Crippen LogP contribution < -0.4 is 4.72 Å². The normalized spacial score (nSPS) is 16.4. The van der Waals surface area contributed by atoms with Gasteiger partial charge in [-0.05, 0) is 29.7 Å². The summed E-state index contributed by atoms with van der Waals surface area (Å²) in [5.41, 5.74) is 2.60. The number of nitrogens with one attached hydrogen (secondary N) is 1. The fraction of sp³-hybridized carbons (Fsp3) is 0.333. The van der Waals surface area contributed by atoms with Gasteiger partial charge in [0.1, 0.15) is 4.90 Å². The first-order chi connectivity index (χ1) is 12.0. The number of hydrogen-bond donors (Lipinski definition) is 2. The molecule has 1 atom stereocenters. The third kappa shape index (κ3) is 4.59. The van der Waals surface area contributed by atoms with Gasteiger partial charge in [-0.1, -0.05) is 48.0 Å². The van der Waals surface area contributed by atoms with Crippen LogP contribution in [0.3, 0.4) is 0 Å². The Labute approximate surface area is 153 Å². The SMILES string of the molecule is O=S(=O)(NCC(O)CN1CCc2ccccc2C1)c1ccccc1Cl. The van der Waals surface area contributed by atoms with Crippen LogP contribution >= 0.6 is 11.6 Å². The maximum atomic E-state index is 12.3. The average Bonchev–Trinajstić information content (AvgIpc) is 2.60. The molecule has 0 bridgehead atoms. The van der Waals surface area contributed by atoms with Crippen LogP contribution in [0.15, 0.2) is 53.4 Å². The number of fused-ring (bicyclic) bond motifs is 1. The Kier molecular flexibility index (Phi) is 5.76. The first kappa shape index (κ1) is 18.4. The summed E-state index contributed by atoms with van der Waals surface area (Å²) in [4.78, 5) is 2.16. The lowest BCUT2D eigenvalue weighted by molar-refractivity contribution is 0.108. The van der Waals surface area contributed by atoms with Crippen LogP contribution in [0, 0.1) is 0 Å². The minimum atomic E-state index is -3.74. The molecule has 1 heterocycles. The lowest BCUT2D eigenvalue weighted by Gasteiger charge is -2.30. The van der Waals surface area contributed by atoms with Gasteiger partial charge in [-0.15, -0.1) is 0 Å². The zero-order valence-electron chi connectivity index (χ0n) is 13.7. The summed E-state index contributed by atoms with van der Waals surface area (Å²) in [6.45, 7) is 1.99. The van der Waals surface area contributed by atoms with Crippen LogP contribution in [0.1, 0.15) is 11.1 Å². The molecule has 0 fully saturated rings. The molecule has 2 aromatic rings. The van der Waals surface area contributed by atoms with E-state index in [1.807, 2.05) is 12.1 Å². The number of benzene rings is 2. The second kappa shape index (κ2) is 7.85. The van der Waals surface area contributed by atoms with Crippen molar-refractivity contribution in [1.29, 1.82) is 0 Å². The highest BCUT2D eigenvalue weighted by molar-refractivity contribution is 7.89. The smallest absolute Gasteiger partial charge is 0.242 e. The van der Waals surface area contributed by atoms with Crippen molar-refractivity contribution in [3.63, 3.8) is 0 Å². The molecule has 0 spiro atoms. The maximum absolute atomic E-state index is 12.3. The number of aliphatic hydroxyl groups excluding tert-OH is 1. The van der Waals surface area contributed by atoms with Crippen molar-refractivity contribution in [3.8, 4) is 0 Å². The van der Waals surface area contributed by atoms with Gasteiger partial charge >= 0.3 is 0 Å². The number of aliphatic hydroxyl groups is 1. The van der Waals surface area contributed by atoms with E-state index in [4.69, 9.17) is 11.6 Å². The molecule has 0 radical (unpaired) electrons. The third-order valence-corrected chi connectivity index (χ3v) is 6.24. The Morgan fingerprint density at radius 1 is 1.12 bits per heavy atom. The largest absolute Gasteiger partial charge is 0.390 e. The molecule has 1 aliphatic rings. The van der Waals surface area contributed by atoms with Crippen LogP contribution in [-0.4, -0.2) is 44.2 Å². The van der Waals surface area contributed by atoms with E-state index in [2.05, 4.69) is 21.8 Å². The summed E-state index contributed by atoms with van der Waals surface area (Å²) in [5.74, 6) is 0. The number of sulfonamides is 1. The van der Waals surface area contributed by atoms with Gasteiger partial charge in [0.15, 0.2) is 0 Å². The lowest BCUT2D eigenvalue weighted by atomic mass is 10.00. The second-order valence-electron chi connectivity index (χ2n) is 6.19. The predicted molar refractivity (Wildman–Crippen MR) is 98.1 cm³/mol. The van der Waals surface area contributed by atoms with Crippen LogP contribution in [0.4, 0.5) is 0 Å². The van der Waals surface area contributed by atoms with E-state index < -0.39 is 16.1 Å². The van der Waals surface area contributed by atoms with Gasteiger partial charge in [0, 0.05) is 26.2 Å². The topological polar surface area (TPSA) is 69.6 Å². The number of β-amino-alcohol motifs (C(OH)–C–C–N with tert-alkyl or cyclic N) is 1. The minimum absolute atomic E-state index is 0.0239. The first-order valence-corrected chi connectivity index (χ1v) is 10.0. The van der Waals surface area contributed by atoms with Crippen LogP contribution in [0.25, 0.3) is 0 Å². The van der Waals surface area contributed by atoms with E-state index in [1.165, 1.54) is 23.3 Å². The van der Waals surface area contributed by atoms with E-state index in [-0.39, 0.29) is 16.5 Å². The standard InChI is InChI=1S/C18H21ClN2O3S/c19-17-7-3-4-8-18(17)25(23,24)20-11-16(22)13-21-10-9-14-5-1-2-6-15(14)12-21/h1-8,16,20,22H,9-13H2. The maximum Gasteiger partial charge on any atom is 0.242 e. The van der Waals surface area contributed by atoms with Crippen LogP contribution in [0.5, 0.6) is 0 Å². The van der Waals surface area contributed by atoms with Crippen molar-refractivity contribution in [1.82, 2.24) is 9.62 Å². The summed E-state index contributed by atoms with van der Waals surface area (Å²) >= 11 is 5.94. The molecule has 1 unspecified atom stereocenters. The molecule has 5 nitrogen and oxygen atoms in total. The van der Waals surface area contributed by atoms with Gasteiger partial charge < -0.3 is 5.11 Å². The number of hydrogen-bond acceptors (Lipinski definition) is 4. The first-order valence-electron chi connectivity index (χ1n) is 8.17. The molecule has 0 aromatic heterocycles. The molecule has 2 aromatic carbocycles. The quantitative estimate of drug-likeness (QED) is 0.804. The van der Waals surface area contributed by atoms with Crippen molar-refractivity contribution in [2.75, 3.05) is 19.6 Å². The van der Waals surface area contributed by atoms with Crippen LogP contribution in [-0.2, 0) is 23.0 Å². The van der Waals surface area contributed by atoms with Crippen molar-refractivity contribution in [2.24, 2.45) is 0 Å². The zero-order chi connectivity index (χ0) is 17.9. The highest BCUT2D eigenvalue weighted by Gasteiger charge is 2.21. The molecular formula is C18H21ClN2O3S. The molecule has 2 N–H and O–H groups in total. The van der Waals surface area contributed by atoms with Gasteiger partial charge in [0.2, 0.25) is 10.0 Å². The lowest BCUT2D eigenvalue weighted by Crippen LogP contribution is -2.42. The minimum Gasteiger partial charge on any atom is -0.390 e. The van der Waals surface area contributed by atoms with Crippen molar-refractivity contribution in [3.05, 3.63) is 64.7 Å². The second-order valence-corrected chi connectivity index (χ2v) is 8.33. The molecule has 0 saturated carbocycles. The van der Waals surface area contributed by atoms with Gasteiger partial charge in [-0.25, -0.2) is 13.1 Å². The van der Waals surface area contributed by atoms with E-state index in [1.54, 1.807) is 12.1 Å². The Bertz CT molecular complexity index is 842. The summed E-state index contributed by atoms with van der Waals surface area (Å²) < 4.78 is 27.0. The van der Waals surface area contributed by atoms with Gasteiger partial charge in [-0.3, -0.25) is 4.90 Å². The van der Waals surface area contributed by atoms with Gasteiger partial charge in [0.05, 0.1) is 11.1 Å². The number of rotatable bonds is 6. The molecule has 0 saturated heterocycles. The summed E-state index contributed by atoms with van der Waals surface area (Å²) in [6, 6.07) is 14.5. The highest BCUT2D eigenvalue weighted by Crippen LogP contribution is 2.20. The van der Waals surface area contributed by atoms with E-state index in [9.17, 15) is 13.5 Å². The molecule has 25 heavy (non-hydrogen) atoms. The molecule has 0 amide bonds. The summed E-state index contributed by atoms with van der Waals surface area (Å²) in [6.07, 6.45) is 0.149. The Morgan fingerprint density at radius 3 is 2.56 bits per heavy atom. The van der Waals surface area contributed by atoms with Crippen LogP contribution in [0.2, 0.25) is 5.02 Å². The monoisotopic (exact) mass is 380 g/mol. The molecule has 1 aliphatic heterocycles. The molecule has 3 rings (SSSR count). The van der Waals surface area contributed by atoms with Gasteiger partial charge in [0.25, 0.3) is 0 Å². The fourth-order valence-corrected chi connectivity index (χ4v) is 4.61. The van der Waals surface area contributed by atoms with E-state index >= 15 is 0 Å². The predicted octanol–water partition coefficient (Wildman–Crippen LogP) is 2.04. The van der Waals surface area contributed by atoms with E-state index in [0.717, 1.165) is 19.5 Å². The Balaban J connectivity index is 1.55. The van der Waals surface area contributed by atoms with Crippen molar-refractivity contribution in [2.45, 2.75) is 24.0 Å². The Morgan fingerprint density at radius 2 is 1.80 bits per heavy atom. The third-order valence-electron chi connectivity index (χ3n) is 4.31. The van der Waals surface area contributed by atoms with E-state index in [0.29, 0.717) is 6.54 Å². The summed E-state index contributed by atoms with van der Waals surface area (Å²) in [5, 5.41) is 10.4. The highest BCUT2D eigenvalue weighted by atomic mass is 35.5. The van der Waals surface area contributed by atoms with Gasteiger partial charge in [-0.2, -0.15) is 0 Å². The summed E-state index contributed by atoms with van der Waals surface area (Å²) in [7, 11) is -3.74. The van der Waals surface area contributed by atoms with Crippen molar-refractivity contribution >= 4 is 21.6 Å². The number of halogens is 1. The Hall–Kier alpha value is -1.44. The zero-order valence-corrected chi connectivity index (χ0v) is 15.3. The fourth-order valence-electron chi connectivity index (χ4n) is 3.02. The molecular weight excluding hydrogens is 360 g/mol.